The highest BCUT2D eigenvalue weighted by atomic mass is 16.2. The van der Waals surface area contributed by atoms with Gasteiger partial charge < -0.3 is 5.32 Å². The van der Waals surface area contributed by atoms with E-state index in [4.69, 9.17) is 0 Å². The molecule has 2 fully saturated rings. The van der Waals surface area contributed by atoms with Crippen LogP contribution in [-0.4, -0.2) is 47.1 Å². The van der Waals surface area contributed by atoms with Gasteiger partial charge in [-0.25, -0.2) is 9.78 Å². The fourth-order valence-electron chi connectivity index (χ4n) is 4.59. The molecule has 0 radical (unpaired) electrons. The van der Waals surface area contributed by atoms with Crippen LogP contribution < -0.4 is 10.2 Å². The number of nitrogens with one attached hydrogen (secondary N) is 1. The van der Waals surface area contributed by atoms with Crippen molar-refractivity contribution in [2.45, 2.75) is 43.7 Å². The highest BCUT2D eigenvalue weighted by Crippen LogP contribution is 2.46. The molecule has 1 saturated carbocycles. The summed E-state index contributed by atoms with van der Waals surface area (Å²) in [6, 6.07) is 10.7. The van der Waals surface area contributed by atoms with E-state index in [2.05, 4.69) is 64.6 Å². The molecule has 0 atom stereocenters. The molecule has 1 N–H and O–H groups in total. The maximum atomic E-state index is 12.6. The van der Waals surface area contributed by atoms with Gasteiger partial charge in [-0.2, -0.15) is 0 Å². The first kappa shape index (κ1) is 17.9. The molecule has 4 rings (SSSR count). The number of carbonyl (C=O) groups is 1. The standard InChI is InChI=1S/C21H27N5O/c1-16-13-23-18(14-22-16)26-15-20(24-19(26)27)9-11-21(12-10-20,25(2)3)17-7-5-4-6-8-17/h4-8,13-14H,9-12,15H2,1-3H3,(H,24,27). The second kappa shape index (κ2) is 6.60. The van der Waals surface area contributed by atoms with Crippen molar-refractivity contribution in [3.63, 3.8) is 0 Å². The van der Waals surface area contributed by atoms with Crippen molar-refractivity contribution in [3.05, 3.63) is 54.0 Å². The largest absolute Gasteiger partial charge is 0.330 e. The zero-order valence-electron chi connectivity index (χ0n) is 16.3. The summed E-state index contributed by atoms with van der Waals surface area (Å²) in [6.45, 7) is 2.55. The minimum Gasteiger partial charge on any atom is -0.330 e. The lowest BCUT2D eigenvalue weighted by molar-refractivity contribution is 0.0657. The van der Waals surface area contributed by atoms with E-state index in [1.165, 1.54) is 5.56 Å². The van der Waals surface area contributed by atoms with E-state index in [1.54, 1.807) is 17.3 Å². The summed E-state index contributed by atoms with van der Waals surface area (Å²) in [6.07, 6.45) is 7.31. The SMILES string of the molecule is Cc1cnc(N2CC3(CCC(c4ccccc4)(N(C)C)CC3)NC2=O)cn1. The number of urea groups is 1. The summed E-state index contributed by atoms with van der Waals surface area (Å²) in [4.78, 5) is 25.4. The van der Waals surface area contributed by atoms with Crippen LogP contribution in [-0.2, 0) is 5.54 Å². The fraction of sp³-hybridized carbons (Fsp3) is 0.476. The van der Waals surface area contributed by atoms with Gasteiger partial charge in [0.1, 0.15) is 0 Å². The molecule has 2 amide bonds. The van der Waals surface area contributed by atoms with Gasteiger partial charge in [0.05, 0.1) is 30.2 Å². The highest BCUT2D eigenvalue weighted by Gasteiger charge is 2.50. The molecule has 1 aromatic carbocycles. The summed E-state index contributed by atoms with van der Waals surface area (Å²) in [5.74, 6) is 0.627. The van der Waals surface area contributed by atoms with E-state index in [1.807, 2.05) is 6.92 Å². The van der Waals surface area contributed by atoms with Crippen molar-refractivity contribution < 1.29 is 4.79 Å². The second-order valence-electron chi connectivity index (χ2n) is 8.10. The third-order valence-corrected chi connectivity index (χ3v) is 6.32. The molecule has 1 aliphatic carbocycles. The van der Waals surface area contributed by atoms with E-state index in [-0.39, 0.29) is 17.1 Å². The lowest BCUT2D eigenvalue weighted by Crippen LogP contribution is -2.54. The third-order valence-electron chi connectivity index (χ3n) is 6.32. The van der Waals surface area contributed by atoms with Gasteiger partial charge in [0, 0.05) is 5.54 Å². The van der Waals surface area contributed by atoms with Gasteiger partial charge >= 0.3 is 6.03 Å². The van der Waals surface area contributed by atoms with Crippen LogP contribution in [0.5, 0.6) is 0 Å². The van der Waals surface area contributed by atoms with E-state index in [0.717, 1.165) is 31.4 Å². The van der Waals surface area contributed by atoms with Crippen LogP contribution in [0.15, 0.2) is 42.7 Å². The molecule has 2 aliphatic rings. The lowest BCUT2D eigenvalue weighted by atomic mass is 9.69. The highest BCUT2D eigenvalue weighted by molar-refractivity contribution is 5.94. The average Bonchev–Trinajstić information content (AvgIpc) is 3.00. The fourth-order valence-corrected chi connectivity index (χ4v) is 4.59. The van der Waals surface area contributed by atoms with Gasteiger partial charge in [0.15, 0.2) is 5.82 Å². The van der Waals surface area contributed by atoms with Gasteiger partial charge in [-0.15, -0.1) is 0 Å². The van der Waals surface area contributed by atoms with Crippen LogP contribution in [0.2, 0.25) is 0 Å². The molecule has 142 valence electrons. The van der Waals surface area contributed by atoms with Crippen molar-refractivity contribution in [1.29, 1.82) is 0 Å². The second-order valence-corrected chi connectivity index (χ2v) is 8.10. The number of amides is 2. The Labute approximate surface area is 160 Å². The minimum atomic E-state index is -0.183. The molecule has 1 aromatic heterocycles. The Hall–Kier alpha value is -2.47. The van der Waals surface area contributed by atoms with Crippen molar-refractivity contribution in [3.8, 4) is 0 Å². The number of hydrogen-bond donors (Lipinski definition) is 1. The van der Waals surface area contributed by atoms with Crippen molar-refractivity contribution in [2.75, 3.05) is 25.5 Å². The molecule has 6 heteroatoms. The predicted octanol–water partition coefficient (Wildman–Crippen LogP) is 3.08. The van der Waals surface area contributed by atoms with E-state index < -0.39 is 0 Å². The lowest BCUT2D eigenvalue weighted by Gasteiger charge is -2.48. The maximum Gasteiger partial charge on any atom is 0.323 e. The van der Waals surface area contributed by atoms with E-state index >= 15 is 0 Å². The summed E-state index contributed by atoms with van der Waals surface area (Å²) in [5.41, 5.74) is 2.05. The smallest absolute Gasteiger partial charge is 0.323 e. The Morgan fingerprint density at radius 3 is 2.33 bits per heavy atom. The van der Waals surface area contributed by atoms with Crippen LogP contribution in [0, 0.1) is 6.92 Å². The Bertz CT molecular complexity index is 810. The summed E-state index contributed by atoms with van der Waals surface area (Å²) in [7, 11) is 4.32. The molecule has 2 heterocycles. The van der Waals surface area contributed by atoms with E-state index in [0.29, 0.717) is 12.4 Å². The molecular weight excluding hydrogens is 338 g/mol. The Kier molecular flexibility index (Phi) is 4.38. The van der Waals surface area contributed by atoms with E-state index in [9.17, 15) is 4.79 Å². The van der Waals surface area contributed by atoms with Crippen LogP contribution in [0.3, 0.4) is 0 Å². The van der Waals surface area contributed by atoms with Crippen LogP contribution in [0.25, 0.3) is 0 Å². The predicted molar refractivity (Wildman–Crippen MR) is 106 cm³/mol. The normalized spacial score (nSPS) is 28.0. The number of carbonyl (C=O) groups excluding carboxylic acids is 1. The first-order valence-corrected chi connectivity index (χ1v) is 9.56. The Morgan fingerprint density at radius 1 is 1.04 bits per heavy atom. The van der Waals surface area contributed by atoms with Gasteiger partial charge in [0.2, 0.25) is 0 Å². The van der Waals surface area contributed by atoms with Gasteiger partial charge in [-0.3, -0.25) is 14.8 Å². The molecule has 1 saturated heterocycles. The van der Waals surface area contributed by atoms with Gasteiger partial charge in [0.25, 0.3) is 0 Å². The van der Waals surface area contributed by atoms with Gasteiger partial charge in [-0.05, 0) is 52.3 Å². The Morgan fingerprint density at radius 2 is 1.74 bits per heavy atom. The zero-order valence-corrected chi connectivity index (χ0v) is 16.3. The Balaban J connectivity index is 1.54. The number of hydrogen-bond acceptors (Lipinski definition) is 4. The molecule has 2 aromatic rings. The van der Waals surface area contributed by atoms with Crippen molar-refractivity contribution in [1.82, 2.24) is 20.2 Å². The number of nitrogens with zero attached hydrogens (tertiary/aromatic N) is 4. The average molecular weight is 365 g/mol. The van der Waals surface area contributed by atoms with Crippen LogP contribution in [0.1, 0.15) is 36.9 Å². The monoisotopic (exact) mass is 365 g/mol. The van der Waals surface area contributed by atoms with Gasteiger partial charge in [-0.1, -0.05) is 30.3 Å². The molecule has 1 spiro atoms. The van der Waals surface area contributed by atoms with Crippen LogP contribution >= 0.6 is 0 Å². The van der Waals surface area contributed by atoms with Crippen molar-refractivity contribution in [2.24, 2.45) is 0 Å². The summed E-state index contributed by atoms with van der Waals surface area (Å²) >= 11 is 0. The number of aryl methyl sites for hydroxylation is 1. The summed E-state index contributed by atoms with van der Waals surface area (Å²) in [5, 5.41) is 3.26. The number of rotatable bonds is 3. The number of benzene rings is 1. The summed E-state index contributed by atoms with van der Waals surface area (Å²) < 4.78 is 0. The maximum absolute atomic E-state index is 12.6. The minimum absolute atomic E-state index is 0.0221. The molecular formula is C21H27N5O. The third kappa shape index (κ3) is 3.08. The quantitative estimate of drug-likeness (QED) is 0.908. The molecule has 0 bridgehead atoms. The van der Waals surface area contributed by atoms with Crippen LogP contribution in [0.4, 0.5) is 10.6 Å². The molecule has 1 aliphatic heterocycles. The first-order valence-electron chi connectivity index (χ1n) is 9.56. The number of aromatic nitrogens is 2. The first-order chi connectivity index (χ1) is 12.9. The topological polar surface area (TPSA) is 61.4 Å². The molecule has 27 heavy (non-hydrogen) atoms. The molecule has 6 nitrogen and oxygen atoms in total. The zero-order chi connectivity index (χ0) is 19.1. The molecule has 0 unspecified atom stereocenters. The number of anilines is 1. The van der Waals surface area contributed by atoms with Crippen molar-refractivity contribution >= 4 is 11.8 Å².